The van der Waals surface area contributed by atoms with Crippen LogP contribution >= 0.6 is 11.8 Å². The predicted molar refractivity (Wildman–Crippen MR) is 133 cm³/mol. The molecular formula is C25H35N5O3S. The normalized spacial score (nSPS) is 17.5. The quantitative estimate of drug-likeness (QED) is 0.0850. The Hall–Kier alpha value is -2.51. The van der Waals surface area contributed by atoms with Crippen molar-refractivity contribution >= 4 is 29.5 Å². The molecule has 0 radical (unpaired) electrons. The summed E-state index contributed by atoms with van der Waals surface area (Å²) < 4.78 is 0. The number of azide groups is 1. The fourth-order valence-electron chi connectivity index (χ4n) is 4.62. The zero-order valence-electron chi connectivity index (χ0n) is 19.8. The molecule has 0 spiro atoms. The van der Waals surface area contributed by atoms with Crippen molar-refractivity contribution < 1.29 is 14.4 Å². The van der Waals surface area contributed by atoms with Gasteiger partial charge in [0.05, 0.1) is 0 Å². The van der Waals surface area contributed by atoms with Gasteiger partial charge >= 0.3 is 0 Å². The van der Waals surface area contributed by atoms with Crippen LogP contribution in [0.15, 0.2) is 28.2 Å². The van der Waals surface area contributed by atoms with Crippen molar-refractivity contribution in [3.8, 4) is 0 Å². The summed E-state index contributed by atoms with van der Waals surface area (Å²) in [7, 11) is 0. The van der Waals surface area contributed by atoms with Gasteiger partial charge in [0.1, 0.15) is 6.04 Å². The molecule has 0 saturated carbocycles. The Kier molecular flexibility index (Phi) is 10.8. The van der Waals surface area contributed by atoms with Gasteiger partial charge in [-0.25, -0.2) is 0 Å². The monoisotopic (exact) mass is 485 g/mol. The molecule has 1 atom stereocenters. The molecule has 1 saturated heterocycles. The lowest BCUT2D eigenvalue weighted by Gasteiger charge is -2.29. The van der Waals surface area contributed by atoms with Crippen LogP contribution in [0.3, 0.4) is 0 Å². The molecule has 1 aromatic carbocycles. The topological polar surface area (TPSA) is 115 Å². The highest BCUT2D eigenvalue weighted by Crippen LogP contribution is 2.34. The Morgan fingerprint density at radius 2 is 1.68 bits per heavy atom. The Bertz CT molecular complexity index is 916. The Morgan fingerprint density at radius 3 is 2.35 bits per heavy atom. The number of carbonyl (C=O) groups is 3. The average molecular weight is 486 g/mol. The van der Waals surface area contributed by atoms with Crippen LogP contribution in [0.4, 0.5) is 0 Å². The first-order valence-electron chi connectivity index (χ1n) is 12.5. The largest absolute Gasteiger partial charge is 0.322 e. The fourth-order valence-corrected chi connectivity index (χ4v) is 5.71. The number of unbranched alkanes of at least 4 members (excludes halogenated alkanes) is 9. The van der Waals surface area contributed by atoms with E-state index in [4.69, 9.17) is 5.53 Å². The third kappa shape index (κ3) is 7.50. The number of thioether (sulfide) groups is 1. The van der Waals surface area contributed by atoms with Crippen LogP contribution in [0.2, 0.25) is 0 Å². The third-order valence-electron chi connectivity index (χ3n) is 6.51. The van der Waals surface area contributed by atoms with Gasteiger partial charge in [0.25, 0.3) is 5.91 Å². The summed E-state index contributed by atoms with van der Waals surface area (Å²) >= 11 is 1.80. The second-order valence-electron chi connectivity index (χ2n) is 9.02. The van der Waals surface area contributed by atoms with E-state index in [1.165, 1.54) is 44.9 Å². The molecule has 1 unspecified atom stereocenters. The first kappa shape index (κ1) is 26.1. The third-order valence-corrected chi connectivity index (χ3v) is 7.70. The van der Waals surface area contributed by atoms with Gasteiger partial charge in [-0.3, -0.25) is 19.7 Å². The first-order valence-corrected chi connectivity index (χ1v) is 13.5. The molecule has 9 heteroatoms. The van der Waals surface area contributed by atoms with E-state index in [9.17, 15) is 14.4 Å². The second-order valence-corrected chi connectivity index (χ2v) is 10.2. The number of rotatable bonds is 15. The van der Waals surface area contributed by atoms with Crippen molar-refractivity contribution in [2.45, 2.75) is 94.5 Å². The van der Waals surface area contributed by atoms with Crippen LogP contribution in [0, 0.1) is 0 Å². The number of benzene rings is 1. The molecule has 184 valence electrons. The zero-order valence-corrected chi connectivity index (χ0v) is 20.7. The second kappa shape index (κ2) is 14.0. The predicted octanol–water partition coefficient (Wildman–Crippen LogP) is 5.75. The van der Waals surface area contributed by atoms with Gasteiger partial charge in [-0.15, -0.1) is 11.8 Å². The lowest BCUT2D eigenvalue weighted by atomic mass is 10.0. The minimum Gasteiger partial charge on any atom is -0.322 e. The number of imide groups is 1. The maximum atomic E-state index is 12.9. The summed E-state index contributed by atoms with van der Waals surface area (Å²) in [5, 5.41) is 5.92. The molecule has 8 nitrogen and oxygen atoms in total. The molecule has 1 N–H and O–H groups in total. The van der Waals surface area contributed by atoms with Crippen LogP contribution in [-0.2, 0) is 16.1 Å². The summed E-state index contributed by atoms with van der Waals surface area (Å²) in [6.45, 7) is 1.06. The minimum absolute atomic E-state index is 0.109. The SMILES string of the molecule is [N-]=[N+]=NCCCCCCCCCCCCSc1cccc2c1CN(C1CCC(=O)NC1=O)C2=O. The first-order chi connectivity index (χ1) is 16.6. The van der Waals surface area contributed by atoms with Gasteiger partial charge in [-0.05, 0) is 48.2 Å². The summed E-state index contributed by atoms with van der Waals surface area (Å²) in [4.78, 5) is 42.1. The molecule has 0 aliphatic carbocycles. The molecule has 0 aromatic heterocycles. The fraction of sp³-hybridized carbons (Fsp3) is 0.640. The number of carbonyl (C=O) groups excluding carboxylic acids is 3. The van der Waals surface area contributed by atoms with Crippen molar-refractivity contribution in [1.82, 2.24) is 10.2 Å². The van der Waals surface area contributed by atoms with Crippen molar-refractivity contribution in [3.63, 3.8) is 0 Å². The molecule has 1 aromatic rings. The van der Waals surface area contributed by atoms with E-state index >= 15 is 0 Å². The van der Waals surface area contributed by atoms with E-state index in [0.717, 1.165) is 35.5 Å². The average Bonchev–Trinajstić information content (AvgIpc) is 3.16. The highest BCUT2D eigenvalue weighted by atomic mass is 32.2. The highest BCUT2D eigenvalue weighted by molar-refractivity contribution is 7.99. The maximum Gasteiger partial charge on any atom is 0.255 e. The molecule has 2 aliphatic heterocycles. The van der Waals surface area contributed by atoms with Crippen LogP contribution < -0.4 is 5.32 Å². The van der Waals surface area contributed by atoms with E-state index in [1.54, 1.807) is 16.7 Å². The van der Waals surface area contributed by atoms with Crippen LogP contribution in [-0.4, -0.2) is 41.0 Å². The molecule has 2 heterocycles. The number of piperidine rings is 1. The van der Waals surface area contributed by atoms with E-state index in [1.807, 2.05) is 12.1 Å². The van der Waals surface area contributed by atoms with Gasteiger partial charge in [-0.1, -0.05) is 62.5 Å². The molecule has 3 rings (SSSR count). The van der Waals surface area contributed by atoms with Crippen LogP contribution in [0.25, 0.3) is 10.4 Å². The summed E-state index contributed by atoms with van der Waals surface area (Å²) in [5.74, 6) is 0.286. The number of amides is 3. The molecule has 34 heavy (non-hydrogen) atoms. The van der Waals surface area contributed by atoms with Crippen LogP contribution in [0.1, 0.15) is 93.0 Å². The van der Waals surface area contributed by atoms with Gasteiger partial charge in [0.15, 0.2) is 0 Å². The van der Waals surface area contributed by atoms with E-state index in [0.29, 0.717) is 25.1 Å². The number of nitrogens with zero attached hydrogens (tertiary/aromatic N) is 4. The maximum absolute atomic E-state index is 12.9. The summed E-state index contributed by atoms with van der Waals surface area (Å²) in [5.41, 5.74) is 9.94. The molecule has 3 amide bonds. The lowest BCUT2D eigenvalue weighted by Crippen LogP contribution is -2.52. The van der Waals surface area contributed by atoms with Crippen molar-refractivity contribution in [2.24, 2.45) is 5.11 Å². The van der Waals surface area contributed by atoms with Crippen LogP contribution in [0.5, 0.6) is 0 Å². The number of hydrogen-bond acceptors (Lipinski definition) is 5. The Morgan fingerprint density at radius 1 is 1.00 bits per heavy atom. The van der Waals surface area contributed by atoms with Gasteiger partial charge in [0.2, 0.25) is 11.8 Å². The van der Waals surface area contributed by atoms with Gasteiger partial charge < -0.3 is 4.90 Å². The standard InChI is InChI=1S/C25H35N5O3S/c26-29-27-16-9-7-5-3-1-2-4-6-8-10-17-34-22-13-11-12-19-20(22)18-30(25(19)33)21-14-15-23(31)28-24(21)32/h11-13,21H,1-10,14-18H2,(H,28,31,32). The molecular weight excluding hydrogens is 450 g/mol. The summed E-state index contributed by atoms with van der Waals surface area (Å²) in [6.07, 6.45) is 12.8. The van der Waals surface area contributed by atoms with E-state index in [-0.39, 0.29) is 24.1 Å². The van der Waals surface area contributed by atoms with Crippen molar-refractivity contribution in [3.05, 3.63) is 39.8 Å². The van der Waals surface area contributed by atoms with Gasteiger partial charge in [-0.2, -0.15) is 0 Å². The Balaban J connectivity index is 1.31. The summed E-state index contributed by atoms with van der Waals surface area (Å²) in [6, 6.07) is 5.27. The number of nitrogens with one attached hydrogen (secondary N) is 1. The number of fused-ring (bicyclic) bond motifs is 1. The Labute approximate surface area is 205 Å². The molecule has 1 fully saturated rings. The smallest absolute Gasteiger partial charge is 0.255 e. The number of hydrogen-bond donors (Lipinski definition) is 1. The highest BCUT2D eigenvalue weighted by Gasteiger charge is 2.39. The van der Waals surface area contributed by atoms with E-state index in [2.05, 4.69) is 21.4 Å². The zero-order chi connectivity index (χ0) is 24.2. The van der Waals surface area contributed by atoms with Crippen molar-refractivity contribution in [1.29, 1.82) is 0 Å². The lowest BCUT2D eigenvalue weighted by molar-refractivity contribution is -0.136. The molecule has 2 aliphatic rings. The van der Waals surface area contributed by atoms with Gasteiger partial charge in [0, 0.05) is 34.9 Å². The van der Waals surface area contributed by atoms with Crippen molar-refractivity contribution in [2.75, 3.05) is 12.3 Å². The molecule has 0 bridgehead atoms. The van der Waals surface area contributed by atoms with E-state index < -0.39 is 6.04 Å². The minimum atomic E-state index is -0.562.